The molecule has 0 bridgehead atoms. The number of hydrogen-bond acceptors (Lipinski definition) is 12. The van der Waals surface area contributed by atoms with Crippen LogP contribution in [0.2, 0.25) is 0 Å². The molecule has 2 heterocycles. The third-order valence-corrected chi connectivity index (χ3v) is 4.19. The minimum atomic E-state index is -1.64. The van der Waals surface area contributed by atoms with Gasteiger partial charge in [-0.1, -0.05) is 0 Å². The van der Waals surface area contributed by atoms with Crippen LogP contribution in [0, 0.1) is 0 Å². The number of amidine groups is 1. The SMILES string of the molecule is CO[C@H]1O[C@H](CO)[C@@H](ONC2=N[C@H](CO)[C@@H](O)[C@H](O)[C@H]2O)[C@H](O)[C@H]1O. The average molecular weight is 368 g/mol. The number of methoxy groups -OCH3 is 1. The molecule has 25 heavy (non-hydrogen) atoms. The Labute approximate surface area is 142 Å². The van der Waals surface area contributed by atoms with E-state index in [2.05, 4.69) is 10.5 Å². The molecule has 0 unspecified atom stereocenters. The molecule has 12 heteroatoms. The van der Waals surface area contributed by atoms with Crippen LogP contribution in [0.25, 0.3) is 0 Å². The van der Waals surface area contributed by atoms with Gasteiger partial charge in [0.25, 0.3) is 0 Å². The predicted octanol–water partition coefficient (Wildman–Crippen LogP) is -5.18. The van der Waals surface area contributed by atoms with Crippen LogP contribution in [0.3, 0.4) is 0 Å². The number of rotatable bonds is 5. The zero-order chi connectivity index (χ0) is 18.7. The van der Waals surface area contributed by atoms with Crippen LogP contribution in [0.4, 0.5) is 0 Å². The van der Waals surface area contributed by atoms with Gasteiger partial charge < -0.3 is 45.2 Å². The van der Waals surface area contributed by atoms with Crippen LogP contribution in [0.1, 0.15) is 0 Å². The normalized spacial score (nSPS) is 45.1. The first kappa shape index (κ1) is 20.4. The molecule has 9 atom stereocenters. The Morgan fingerprint density at radius 3 is 2.24 bits per heavy atom. The minimum absolute atomic E-state index is 0.302. The van der Waals surface area contributed by atoms with Gasteiger partial charge in [-0.15, -0.1) is 0 Å². The van der Waals surface area contributed by atoms with Gasteiger partial charge in [-0.05, 0) is 0 Å². The molecule has 0 amide bonds. The van der Waals surface area contributed by atoms with Gasteiger partial charge in [0.05, 0.1) is 13.2 Å². The van der Waals surface area contributed by atoms with Crippen molar-refractivity contribution in [2.75, 3.05) is 20.3 Å². The van der Waals surface area contributed by atoms with Crippen LogP contribution in [0.15, 0.2) is 4.99 Å². The molecule has 0 aliphatic carbocycles. The van der Waals surface area contributed by atoms with E-state index >= 15 is 0 Å². The lowest BCUT2D eigenvalue weighted by atomic mass is 9.97. The molecule has 1 fully saturated rings. The number of nitrogens with one attached hydrogen (secondary N) is 1. The van der Waals surface area contributed by atoms with E-state index in [0.29, 0.717) is 0 Å². The van der Waals surface area contributed by atoms with E-state index in [1.165, 1.54) is 7.11 Å². The maximum atomic E-state index is 10.1. The fraction of sp³-hybridized carbons (Fsp3) is 0.923. The Bertz CT molecular complexity index is 464. The third kappa shape index (κ3) is 4.09. The number of aliphatic hydroxyl groups excluding tert-OH is 7. The molecular formula is C13H24N2O10. The Morgan fingerprint density at radius 1 is 1.00 bits per heavy atom. The summed E-state index contributed by atoms with van der Waals surface area (Å²) in [6.45, 7) is -1.15. The summed E-state index contributed by atoms with van der Waals surface area (Å²) in [5, 5.41) is 67.8. The largest absolute Gasteiger partial charge is 0.394 e. The number of aliphatic imine (C=N–C) groups is 1. The lowest BCUT2D eigenvalue weighted by Gasteiger charge is -2.41. The molecule has 2 aliphatic heterocycles. The van der Waals surface area contributed by atoms with Crippen LogP contribution in [-0.4, -0.2) is 117 Å². The van der Waals surface area contributed by atoms with E-state index in [1.807, 2.05) is 0 Å². The molecule has 0 aromatic heterocycles. The van der Waals surface area contributed by atoms with Crippen molar-refractivity contribution in [3.05, 3.63) is 0 Å². The van der Waals surface area contributed by atoms with Gasteiger partial charge >= 0.3 is 0 Å². The fourth-order valence-corrected chi connectivity index (χ4v) is 2.66. The van der Waals surface area contributed by atoms with Crippen LogP contribution < -0.4 is 5.48 Å². The van der Waals surface area contributed by atoms with Gasteiger partial charge in [-0.25, -0.2) is 0 Å². The van der Waals surface area contributed by atoms with Crippen molar-refractivity contribution in [2.45, 2.75) is 55.1 Å². The van der Waals surface area contributed by atoms with Crippen molar-refractivity contribution in [2.24, 2.45) is 4.99 Å². The summed E-state index contributed by atoms with van der Waals surface area (Å²) in [6.07, 6.45) is -11.2. The number of aliphatic hydroxyl groups is 7. The fourth-order valence-electron chi connectivity index (χ4n) is 2.66. The van der Waals surface area contributed by atoms with Gasteiger partial charge in [0.15, 0.2) is 12.1 Å². The zero-order valence-corrected chi connectivity index (χ0v) is 13.4. The predicted molar refractivity (Wildman–Crippen MR) is 79.1 cm³/mol. The van der Waals surface area contributed by atoms with Crippen molar-refractivity contribution in [3.8, 4) is 0 Å². The molecule has 0 radical (unpaired) electrons. The summed E-state index contributed by atoms with van der Waals surface area (Å²) in [4.78, 5) is 9.00. The van der Waals surface area contributed by atoms with E-state index in [0.717, 1.165) is 0 Å². The van der Waals surface area contributed by atoms with Crippen molar-refractivity contribution in [1.82, 2.24) is 5.48 Å². The summed E-state index contributed by atoms with van der Waals surface area (Å²) < 4.78 is 10.1. The first-order chi connectivity index (χ1) is 11.8. The molecule has 8 N–H and O–H groups in total. The topological polar surface area (TPSA) is 194 Å². The second-order valence-corrected chi connectivity index (χ2v) is 5.82. The number of hydrogen-bond donors (Lipinski definition) is 8. The van der Waals surface area contributed by atoms with Crippen molar-refractivity contribution < 1.29 is 50.1 Å². The monoisotopic (exact) mass is 368 g/mol. The molecule has 0 aromatic rings. The van der Waals surface area contributed by atoms with E-state index < -0.39 is 68.3 Å². The average Bonchev–Trinajstić information content (AvgIpc) is 2.62. The van der Waals surface area contributed by atoms with E-state index in [4.69, 9.17) is 19.4 Å². The molecule has 0 spiro atoms. The minimum Gasteiger partial charge on any atom is -0.394 e. The number of hydroxylamine groups is 1. The standard InChI is InChI=1S/C13H24N2O10/c1-23-13-10(22)8(20)11(5(3-17)24-13)25-15-12-9(21)7(19)6(18)4(2-16)14-12/h4-11,13,16-22H,2-3H2,1H3,(H,14,15)/t4-,5-,6-,7+,8-,9-,10-,11-,13+/m1/s1. The smallest absolute Gasteiger partial charge is 0.186 e. The quantitative estimate of drug-likeness (QED) is 0.216. The molecule has 0 saturated carbocycles. The maximum Gasteiger partial charge on any atom is 0.186 e. The molecular weight excluding hydrogens is 344 g/mol. The second-order valence-electron chi connectivity index (χ2n) is 5.82. The zero-order valence-electron chi connectivity index (χ0n) is 13.4. The van der Waals surface area contributed by atoms with E-state index in [9.17, 15) is 30.6 Å². The van der Waals surface area contributed by atoms with Gasteiger partial charge in [-0.2, -0.15) is 0 Å². The summed E-state index contributed by atoms with van der Waals surface area (Å²) in [5.41, 5.74) is 2.22. The molecule has 1 saturated heterocycles. The Kier molecular flexibility index (Phi) is 7.04. The third-order valence-electron chi connectivity index (χ3n) is 4.19. The summed E-state index contributed by atoms with van der Waals surface area (Å²) in [5.74, 6) is -0.302. The highest BCUT2D eigenvalue weighted by atomic mass is 16.7. The van der Waals surface area contributed by atoms with Gasteiger partial charge in [-0.3, -0.25) is 15.3 Å². The van der Waals surface area contributed by atoms with Crippen molar-refractivity contribution >= 4 is 5.84 Å². The molecule has 12 nitrogen and oxygen atoms in total. The lowest BCUT2D eigenvalue weighted by Crippen LogP contribution is -2.62. The molecule has 2 rings (SSSR count). The molecule has 146 valence electrons. The Morgan fingerprint density at radius 2 is 1.68 bits per heavy atom. The van der Waals surface area contributed by atoms with Crippen molar-refractivity contribution in [1.29, 1.82) is 0 Å². The lowest BCUT2D eigenvalue weighted by molar-refractivity contribution is -0.306. The Balaban J connectivity index is 2.08. The van der Waals surface area contributed by atoms with Crippen LogP contribution >= 0.6 is 0 Å². The highest BCUT2D eigenvalue weighted by molar-refractivity contribution is 5.87. The summed E-state index contributed by atoms with van der Waals surface area (Å²) >= 11 is 0. The molecule has 2 aliphatic rings. The van der Waals surface area contributed by atoms with E-state index in [-0.39, 0.29) is 5.84 Å². The first-order valence-corrected chi connectivity index (χ1v) is 7.65. The summed E-state index contributed by atoms with van der Waals surface area (Å²) in [7, 11) is 1.25. The summed E-state index contributed by atoms with van der Waals surface area (Å²) in [6, 6.07) is -1.09. The van der Waals surface area contributed by atoms with Crippen LogP contribution in [-0.2, 0) is 14.3 Å². The maximum absolute atomic E-state index is 10.1. The first-order valence-electron chi connectivity index (χ1n) is 7.65. The van der Waals surface area contributed by atoms with Gasteiger partial charge in [0.2, 0.25) is 0 Å². The Hall–Kier alpha value is -0.930. The second kappa shape index (κ2) is 8.64. The van der Waals surface area contributed by atoms with E-state index in [1.54, 1.807) is 0 Å². The van der Waals surface area contributed by atoms with Gasteiger partial charge in [0.1, 0.15) is 48.8 Å². The van der Waals surface area contributed by atoms with Crippen molar-refractivity contribution in [3.63, 3.8) is 0 Å². The number of ether oxygens (including phenoxy) is 2. The highest BCUT2D eigenvalue weighted by Gasteiger charge is 2.46. The molecule has 0 aromatic carbocycles. The van der Waals surface area contributed by atoms with Gasteiger partial charge in [0, 0.05) is 7.11 Å². The number of nitrogens with zero attached hydrogens (tertiary/aromatic N) is 1. The van der Waals surface area contributed by atoms with Crippen LogP contribution in [0.5, 0.6) is 0 Å². The highest BCUT2D eigenvalue weighted by Crippen LogP contribution is 2.24.